The first-order valence-electron chi connectivity index (χ1n) is 9.10. The predicted octanol–water partition coefficient (Wildman–Crippen LogP) is 1.45. The number of piperidine rings is 1. The molecule has 0 radical (unpaired) electrons. The Morgan fingerprint density at radius 1 is 1.22 bits per heavy atom. The number of aryl methyl sites for hydroxylation is 3. The fourth-order valence-electron chi connectivity index (χ4n) is 3.24. The van der Waals surface area contributed by atoms with Crippen LogP contribution in [0.25, 0.3) is 0 Å². The van der Waals surface area contributed by atoms with Crippen LogP contribution in [-0.4, -0.2) is 46.0 Å². The Labute approximate surface area is 159 Å². The fraction of sp³-hybridized carbons (Fsp3) is 0.556. The maximum absolute atomic E-state index is 12.8. The summed E-state index contributed by atoms with van der Waals surface area (Å²) in [6.07, 6.45) is 2.62. The minimum Gasteiger partial charge on any atom is -0.490 e. The summed E-state index contributed by atoms with van der Waals surface area (Å²) in [4.78, 5) is 16.1. The lowest BCUT2D eigenvalue weighted by molar-refractivity contribution is 0.134. The van der Waals surface area contributed by atoms with Gasteiger partial charge in [0.2, 0.25) is 0 Å². The number of sulfonamides is 1. The minimum atomic E-state index is -3.60. The van der Waals surface area contributed by atoms with Gasteiger partial charge in [-0.3, -0.25) is 4.79 Å². The molecule has 0 N–H and O–H groups in total. The summed E-state index contributed by atoms with van der Waals surface area (Å²) in [6, 6.07) is 3.29. The summed E-state index contributed by atoms with van der Waals surface area (Å²) in [6.45, 7) is 7.02. The van der Waals surface area contributed by atoms with E-state index in [4.69, 9.17) is 4.74 Å². The molecule has 1 saturated heterocycles. The predicted molar refractivity (Wildman–Crippen MR) is 101 cm³/mol. The van der Waals surface area contributed by atoms with Crippen LogP contribution in [0, 0.1) is 13.8 Å². The molecular weight excluding hydrogens is 368 g/mol. The van der Waals surface area contributed by atoms with E-state index in [0.29, 0.717) is 44.0 Å². The summed E-state index contributed by atoms with van der Waals surface area (Å²) in [5, 5.41) is 0.100. The zero-order valence-corrected chi connectivity index (χ0v) is 17.0. The molecule has 3 rings (SSSR count). The molecule has 1 aliphatic rings. The number of hydrogen-bond donors (Lipinski definition) is 0. The molecular formula is C18H26N4O4S. The van der Waals surface area contributed by atoms with E-state index in [1.165, 1.54) is 10.4 Å². The SMILES string of the molecule is CCn1cc(S(=O)(=O)N2CCC(Oc3cc(C)n(C)c(=O)c3)CC2)nc1C. The topological polar surface area (TPSA) is 86.4 Å². The van der Waals surface area contributed by atoms with Gasteiger partial charge in [0.1, 0.15) is 17.7 Å². The van der Waals surface area contributed by atoms with Crippen molar-refractivity contribution in [2.45, 2.75) is 51.3 Å². The molecule has 0 amide bonds. The molecule has 9 heteroatoms. The second-order valence-electron chi connectivity index (χ2n) is 6.86. The smallest absolute Gasteiger partial charge is 0.262 e. The lowest BCUT2D eigenvalue weighted by atomic mass is 10.1. The molecule has 0 aromatic carbocycles. The van der Waals surface area contributed by atoms with E-state index in [0.717, 1.165) is 5.69 Å². The van der Waals surface area contributed by atoms with Crippen molar-refractivity contribution in [3.8, 4) is 5.75 Å². The molecule has 0 spiro atoms. The quantitative estimate of drug-likeness (QED) is 0.766. The third-order valence-electron chi connectivity index (χ3n) is 5.08. The Hall–Kier alpha value is -2.13. The Morgan fingerprint density at radius 3 is 2.44 bits per heavy atom. The van der Waals surface area contributed by atoms with Gasteiger partial charge in [0, 0.05) is 44.6 Å². The number of ether oxygens (including phenoxy) is 1. The van der Waals surface area contributed by atoms with Crippen LogP contribution in [0.4, 0.5) is 0 Å². The third-order valence-corrected chi connectivity index (χ3v) is 6.85. The van der Waals surface area contributed by atoms with E-state index in [1.54, 1.807) is 24.7 Å². The van der Waals surface area contributed by atoms with Gasteiger partial charge in [0.15, 0.2) is 5.03 Å². The Bertz CT molecular complexity index is 985. The van der Waals surface area contributed by atoms with E-state index >= 15 is 0 Å². The summed E-state index contributed by atoms with van der Waals surface area (Å²) in [5.41, 5.74) is 0.700. The second kappa shape index (κ2) is 7.47. The molecule has 1 fully saturated rings. The first kappa shape index (κ1) is 19.6. The number of nitrogens with zero attached hydrogens (tertiary/aromatic N) is 4. The van der Waals surface area contributed by atoms with Crippen molar-refractivity contribution >= 4 is 10.0 Å². The van der Waals surface area contributed by atoms with Gasteiger partial charge in [-0.1, -0.05) is 0 Å². The van der Waals surface area contributed by atoms with Crippen molar-refractivity contribution in [2.75, 3.05) is 13.1 Å². The van der Waals surface area contributed by atoms with Gasteiger partial charge >= 0.3 is 0 Å². The van der Waals surface area contributed by atoms with Crippen molar-refractivity contribution in [1.29, 1.82) is 0 Å². The average molecular weight is 394 g/mol. The van der Waals surface area contributed by atoms with Crippen LogP contribution in [0.2, 0.25) is 0 Å². The Kier molecular flexibility index (Phi) is 5.43. The molecule has 2 aromatic heterocycles. The molecule has 148 valence electrons. The zero-order valence-electron chi connectivity index (χ0n) is 16.2. The summed E-state index contributed by atoms with van der Waals surface area (Å²) < 4.78 is 36.4. The molecule has 3 heterocycles. The zero-order chi connectivity index (χ0) is 19.8. The van der Waals surface area contributed by atoms with Gasteiger partial charge in [-0.05, 0) is 39.7 Å². The molecule has 2 aromatic rings. The van der Waals surface area contributed by atoms with Crippen molar-refractivity contribution in [3.05, 3.63) is 40.2 Å². The molecule has 0 aliphatic carbocycles. The van der Waals surface area contributed by atoms with Gasteiger partial charge in [0.25, 0.3) is 15.6 Å². The van der Waals surface area contributed by atoms with Gasteiger partial charge in [-0.2, -0.15) is 4.31 Å². The van der Waals surface area contributed by atoms with Crippen LogP contribution in [0.1, 0.15) is 31.3 Å². The number of imidazole rings is 1. The summed E-state index contributed by atoms with van der Waals surface area (Å²) in [7, 11) is -1.88. The highest BCUT2D eigenvalue weighted by atomic mass is 32.2. The Morgan fingerprint density at radius 2 is 1.89 bits per heavy atom. The number of aromatic nitrogens is 3. The molecule has 8 nitrogen and oxygen atoms in total. The number of hydrogen-bond acceptors (Lipinski definition) is 5. The maximum atomic E-state index is 12.8. The highest BCUT2D eigenvalue weighted by Gasteiger charge is 2.32. The molecule has 0 bridgehead atoms. The average Bonchev–Trinajstić information content (AvgIpc) is 3.02. The molecule has 1 aliphatic heterocycles. The molecule has 27 heavy (non-hydrogen) atoms. The van der Waals surface area contributed by atoms with E-state index in [1.807, 2.05) is 24.5 Å². The third kappa shape index (κ3) is 3.93. The van der Waals surface area contributed by atoms with Gasteiger partial charge < -0.3 is 13.9 Å². The second-order valence-corrected chi connectivity index (χ2v) is 8.75. The van der Waals surface area contributed by atoms with Gasteiger partial charge in [-0.25, -0.2) is 13.4 Å². The largest absolute Gasteiger partial charge is 0.490 e. The normalized spacial score (nSPS) is 16.6. The standard InChI is InChI=1S/C18H26N4O4S/c1-5-21-12-17(19-14(21)3)27(24,25)22-8-6-15(7-9-22)26-16-10-13(2)20(4)18(23)11-16/h10-12,15H,5-9H2,1-4H3. The maximum Gasteiger partial charge on any atom is 0.262 e. The summed E-state index contributed by atoms with van der Waals surface area (Å²) in [5.74, 6) is 1.23. The highest BCUT2D eigenvalue weighted by Crippen LogP contribution is 2.23. The highest BCUT2D eigenvalue weighted by molar-refractivity contribution is 7.89. The van der Waals surface area contributed by atoms with Crippen molar-refractivity contribution in [2.24, 2.45) is 7.05 Å². The van der Waals surface area contributed by atoms with Gasteiger partial charge in [-0.15, -0.1) is 0 Å². The molecule has 0 saturated carbocycles. The van der Waals surface area contributed by atoms with Crippen LogP contribution < -0.4 is 10.3 Å². The number of rotatable bonds is 5. The minimum absolute atomic E-state index is 0.100. The van der Waals surface area contributed by atoms with E-state index in [9.17, 15) is 13.2 Å². The number of pyridine rings is 1. The molecule has 0 atom stereocenters. The van der Waals surface area contributed by atoms with Gasteiger partial charge in [0.05, 0.1) is 0 Å². The lowest BCUT2D eigenvalue weighted by Crippen LogP contribution is -2.42. The van der Waals surface area contributed by atoms with Crippen LogP contribution in [-0.2, 0) is 23.6 Å². The first-order valence-corrected chi connectivity index (χ1v) is 10.5. The van der Waals surface area contributed by atoms with E-state index < -0.39 is 10.0 Å². The fourth-order valence-corrected chi connectivity index (χ4v) is 4.71. The van der Waals surface area contributed by atoms with Crippen molar-refractivity contribution in [1.82, 2.24) is 18.4 Å². The van der Waals surface area contributed by atoms with Crippen LogP contribution in [0.5, 0.6) is 5.75 Å². The lowest BCUT2D eigenvalue weighted by Gasteiger charge is -2.31. The first-order chi connectivity index (χ1) is 12.7. The van der Waals surface area contributed by atoms with E-state index in [-0.39, 0.29) is 16.7 Å². The van der Waals surface area contributed by atoms with Crippen LogP contribution >= 0.6 is 0 Å². The van der Waals surface area contributed by atoms with E-state index in [2.05, 4.69) is 4.98 Å². The monoisotopic (exact) mass is 394 g/mol. The summed E-state index contributed by atoms with van der Waals surface area (Å²) >= 11 is 0. The molecule has 0 unspecified atom stereocenters. The van der Waals surface area contributed by atoms with Crippen molar-refractivity contribution in [3.63, 3.8) is 0 Å². The van der Waals surface area contributed by atoms with Crippen molar-refractivity contribution < 1.29 is 13.2 Å². The Balaban J connectivity index is 1.67. The van der Waals surface area contributed by atoms with Crippen LogP contribution in [0.3, 0.4) is 0 Å². The van der Waals surface area contributed by atoms with Crippen LogP contribution in [0.15, 0.2) is 28.2 Å².